The van der Waals surface area contributed by atoms with Crippen molar-refractivity contribution < 1.29 is 18.8 Å². The van der Waals surface area contributed by atoms with E-state index in [1.807, 2.05) is 30.5 Å². The largest absolute Gasteiger partial charge is 0.489 e. The summed E-state index contributed by atoms with van der Waals surface area (Å²) in [5.74, 6) is 7.69. The molecule has 1 saturated carbocycles. The first kappa shape index (κ1) is 33.0. The van der Waals surface area contributed by atoms with Crippen LogP contribution in [0.1, 0.15) is 71.8 Å². The SMILES string of the molecule is COC(=O)c1cc(C#Cc2ccc(OCc3c(-c4c(Cl)cccc4Cl)noc3C3CC3)cc2Cl)c2ccn(CCCNC(C)C)c2c1. The van der Waals surface area contributed by atoms with Crippen molar-refractivity contribution >= 4 is 51.7 Å². The van der Waals surface area contributed by atoms with Crippen molar-refractivity contribution in [3.05, 3.63) is 104 Å². The fraction of sp³-hybridized carbons (Fsp3) is 0.297. The Bertz CT molecular complexity index is 1980. The highest BCUT2D eigenvalue weighted by molar-refractivity contribution is 6.39. The van der Waals surface area contributed by atoms with Gasteiger partial charge in [-0.25, -0.2) is 4.79 Å². The molecule has 242 valence electrons. The third-order valence-electron chi connectivity index (χ3n) is 8.06. The summed E-state index contributed by atoms with van der Waals surface area (Å²) in [5.41, 5.74) is 4.73. The molecule has 0 atom stereocenters. The van der Waals surface area contributed by atoms with Gasteiger partial charge in [-0.3, -0.25) is 0 Å². The van der Waals surface area contributed by atoms with E-state index in [0.29, 0.717) is 60.7 Å². The van der Waals surface area contributed by atoms with Crippen LogP contribution in [-0.4, -0.2) is 35.4 Å². The Balaban J connectivity index is 1.24. The zero-order chi connectivity index (χ0) is 33.1. The summed E-state index contributed by atoms with van der Waals surface area (Å²) in [5, 5.41) is 10.1. The second-order valence-electron chi connectivity index (χ2n) is 11.8. The van der Waals surface area contributed by atoms with Gasteiger partial charge >= 0.3 is 5.97 Å². The van der Waals surface area contributed by atoms with E-state index in [1.54, 1.807) is 30.3 Å². The standard InChI is InChI=1S/C37H34Cl3N3O4/c1-22(2)41-15-5-16-43-17-14-28-25(18-26(19-33(28)43)37(44)45-3)11-8-23-12-13-27(20-32(23)40)46-21-29-35(42-47-36(29)24-9-10-24)34-30(38)6-4-7-31(34)39/h4,6-7,12-14,17-20,22,24,41H,5,9-10,15-16,21H2,1-3H3. The van der Waals surface area contributed by atoms with Gasteiger partial charge in [0.05, 0.1) is 38.8 Å². The number of benzene rings is 3. The maximum atomic E-state index is 12.5. The van der Waals surface area contributed by atoms with Crippen molar-refractivity contribution in [2.45, 2.75) is 58.2 Å². The molecule has 1 N–H and O–H groups in total. The van der Waals surface area contributed by atoms with Crippen LogP contribution in [0.5, 0.6) is 5.75 Å². The van der Waals surface area contributed by atoms with E-state index < -0.39 is 5.97 Å². The van der Waals surface area contributed by atoms with Gasteiger partial charge in [0.2, 0.25) is 0 Å². The molecule has 0 bridgehead atoms. The molecule has 2 heterocycles. The second-order valence-corrected chi connectivity index (χ2v) is 13.1. The predicted octanol–water partition coefficient (Wildman–Crippen LogP) is 9.29. The van der Waals surface area contributed by atoms with E-state index in [9.17, 15) is 4.79 Å². The van der Waals surface area contributed by atoms with Gasteiger partial charge in [-0.05, 0) is 68.3 Å². The molecular formula is C37H34Cl3N3O4. The van der Waals surface area contributed by atoms with E-state index in [-0.39, 0.29) is 6.61 Å². The molecule has 0 spiro atoms. The number of rotatable bonds is 11. The molecule has 1 fully saturated rings. The third-order valence-corrected chi connectivity index (χ3v) is 9.00. The van der Waals surface area contributed by atoms with Gasteiger partial charge in [0.15, 0.2) is 0 Å². The second kappa shape index (κ2) is 14.5. The Morgan fingerprint density at radius 1 is 1.04 bits per heavy atom. The molecule has 6 rings (SSSR count). The van der Waals surface area contributed by atoms with Crippen LogP contribution in [0.4, 0.5) is 0 Å². The topological polar surface area (TPSA) is 78.5 Å². The van der Waals surface area contributed by atoms with Crippen molar-refractivity contribution in [1.29, 1.82) is 0 Å². The average molecular weight is 691 g/mol. The maximum Gasteiger partial charge on any atom is 0.337 e. The molecule has 1 aliphatic carbocycles. The summed E-state index contributed by atoms with van der Waals surface area (Å²) < 4.78 is 19.1. The van der Waals surface area contributed by atoms with Gasteiger partial charge in [0, 0.05) is 52.8 Å². The number of aromatic nitrogens is 2. The first-order valence-electron chi connectivity index (χ1n) is 15.5. The zero-order valence-electron chi connectivity index (χ0n) is 26.3. The lowest BCUT2D eigenvalue weighted by molar-refractivity contribution is 0.0601. The Kier molecular flexibility index (Phi) is 10.1. The van der Waals surface area contributed by atoms with Crippen molar-refractivity contribution in [3.63, 3.8) is 0 Å². The molecule has 0 saturated heterocycles. The minimum atomic E-state index is -0.415. The van der Waals surface area contributed by atoms with Gasteiger partial charge in [-0.15, -0.1) is 0 Å². The molecule has 0 amide bonds. The lowest BCUT2D eigenvalue weighted by Crippen LogP contribution is -2.24. The number of carbonyl (C=O) groups excluding carboxylic acids is 1. The number of halogens is 3. The summed E-state index contributed by atoms with van der Waals surface area (Å²) in [6.45, 7) is 6.17. The lowest BCUT2D eigenvalue weighted by Gasteiger charge is -2.10. The molecule has 0 aliphatic heterocycles. The summed E-state index contributed by atoms with van der Waals surface area (Å²) in [4.78, 5) is 12.5. The highest BCUT2D eigenvalue weighted by atomic mass is 35.5. The number of aryl methyl sites for hydroxylation is 1. The number of nitrogens with one attached hydrogen (secondary N) is 1. The molecule has 47 heavy (non-hydrogen) atoms. The van der Waals surface area contributed by atoms with E-state index in [4.69, 9.17) is 48.8 Å². The van der Waals surface area contributed by atoms with Crippen molar-refractivity contribution in [2.24, 2.45) is 0 Å². The van der Waals surface area contributed by atoms with Crippen LogP contribution < -0.4 is 10.1 Å². The number of methoxy groups -OCH3 is 1. The molecule has 7 nitrogen and oxygen atoms in total. The van der Waals surface area contributed by atoms with E-state index in [1.165, 1.54) is 7.11 Å². The Labute approximate surface area is 289 Å². The molecule has 1 aliphatic rings. The first-order valence-corrected chi connectivity index (χ1v) is 16.7. The summed E-state index contributed by atoms with van der Waals surface area (Å²) in [7, 11) is 1.38. The summed E-state index contributed by atoms with van der Waals surface area (Å²) in [6.07, 6.45) is 5.04. The molecule has 0 unspecified atom stereocenters. The summed E-state index contributed by atoms with van der Waals surface area (Å²) in [6, 6.07) is 16.8. The number of ether oxygens (including phenoxy) is 2. The normalized spacial score (nSPS) is 12.7. The Morgan fingerprint density at radius 3 is 2.51 bits per heavy atom. The van der Waals surface area contributed by atoms with Gasteiger partial charge < -0.3 is 23.9 Å². The number of esters is 1. The minimum Gasteiger partial charge on any atom is -0.489 e. The van der Waals surface area contributed by atoms with E-state index in [0.717, 1.165) is 54.6 Å². The van der Waals surface area contributed by atoms with E-state index >= 15 is 0 Å². The molecule has 3 aromatic carbocycles. The van der Waals surface area contributed by atoms with Crippen LogP contribution >= 0.6 is 34.8 Å². The Hall–Kier alpha value is -3.93. The van der Waals surface area contributed by atoms with Crippen LogP contribution in [-0.2, 0) is 17.9 Å². The number of fused-ring (bicyclic) bond motifs is 1. The molecule has 10 heteroatoms. The Morgan fingerprint density at radius 2 is 1.81 bits per heavy atom. The number of hydrogen-bond donors (Lipinski definition) is 1. The highest BCUT2D eigenvalue weighted by Gasteiger charge is 2.33. The molecule has 0 radical (unpaired) electrons. The number of carbonyl (C=O) groups is 1. The van der Waals surface area contributed by atoms with Crippen molar-refractivity contribution in [3.8, 4) is 28.8 Å². The summed E-state index contributed by atoms with van der Waals surface area (Å²) >= 11 is 19.7. The number of nitrogens with zero attached hydrogens (tertiary/aromatic N) is 2. The third kappa shape index (κ3) is 7.47. The maximum absolute atomic E-state index is 12.5. The van der Waals surface area contributed by atoms with Crippen molar-refractivity contribution in [2.75, 3.05) is 13.7 Å². The van der Waals surface area contributed by atoms with Gasteiger partial charge in [0.1, 0.15) is 23.8 Å². The molecule has 5 aromatic rings. The lowest BCUT2D eigenvalue weighted by atomic mass is 10.0. The van der Waals surface area contributed by atoms with Crippen LogP contribution in [0.25, 0.3) is 22.2 Å². The highest BCUT2D eigenvalue weighted by Crippen LogP contribution is 2.46. The van der Waals surface area contributed by atoms with Gasteiger partial charge in [-0.1, -0.05) is 71.7 Å². The smallest absolute Gasteiger partial charge is 0.337 e. The van der Waals surface area contributed by atoms with Crippen LogP contribution in [0, 0.1) is 11.8 Å². The van der Waals surface area contributed by atoms with Gasteiger partial charge in [0.25, 0.3) is 0 Å². The number of hydrogen-bond acceptors (Lipinski definition) is 6. The van der Waals surface area contributed by atoms with Crippen molar-refractivity contribution in [1.82, 2.24) is 15.0 Å². The first-order chi connectivity index (χ1) is 22.7. The fourth-order valence-electron chi connectivity index (χ4n) is 5.50. The van der Waals surface area contributed by atoms with E-state index in [2.05, 4.69) is 40.7 Å². The zero-order valence-corrected chi connectivity index (χ0v) is 28.6. The molecule has 2 aromatic heterocycles. The van der Waals surface area contributed by atoms with Gasteiger partial charge in [-0.2, -0.15) is 0 Å². The van der Waals surface area contributed by atoms with Crippen LogP contribution in [0.3, 0.4) is 0 Å². The van der Waals surface area contributed by atoms with Crippen LogP contribution in [0.15, 0.2) is 65.3 Å². The minimum absolute atomic E-state index is 0.205. The molecular weight excluding hydrogens is 657 g/mol. The average Bonchev–Trinajstić information content (AvgIpc) is 3.69. The van der Waals surface area contributed by atoms with Crippen LogP contribution in [0.2, 0.25) is 15.1 Å². The predicted molar refractivity (Wildman–Crippen MR) is 187 cm³/mol. The fourth-order valence-corrected chi connectivity index (χ4v) is 6.29. The monoisotopic (exact) mass is 689 g/mol. The quantitative estimate of drug-likeness (QED) is 0.0846.